The first-order chi connectivity index (χ1) is 6.45. The highest BCUT2D eigenvalue weighted by Crippen LogP contribution is 2.24. The number of hydrogen-bond donors (Lipinski definition) is 0. The van der Waals surface area contributed by atoms with Gasteiger partial charge in [-0.25, -0.2) is 0 Å². The second kappa shape index (κ2) is 4.97. The number of nitrogens with zero attached hydrogens (tertiary/aromatic N) is 1. The fourth-order valence-electron chi connectivity index (χ4n) is 0.987. The van der Waals surface area contributed by atoms with Gasteiger partial charge in [-0.3, -0.25) is 4.90 Å². The normalized spacial score (nSPS) is 12.4. The summed E-state index contributed by atoms with van der Waals surface area (Å²) in [6.45, 7) is 5.27. The lowest BCUT2D eigenvalue weighted by Crippen LogP contribution is -2.41. The molecule has 14 heavy (non-hydrogen) atoms. The van der Waals surface area contributed by atoms with Gasteiger partial charge in [0.05, 0.1) is 0 Å². The lowest BCUT2D eigenvalue weighted by atomic mass is 10.1. The van der Waals surface area contributed by atoms with Crippen molar-refractivity contribution >= 4 is 38.9 Å². The molecule has 0 N–H and O–H groups in total. The third-order valence-electron chi connectivity index (χ3n) is 2.38. The van der Waals surface area contributed by atoms with Crippen LogP contribution in [0.1, 0.15) is 18.7 Å². The van der Waals surface area contributed by atoms with E-state index in [1.165, 1.54) is 4.88 Å². The Morgan fingerprint density at radius 3 is 2.64 bits per heavy atom. The lowest BCUT2D eigenvalue weighted by molar-refractivity contribution is 0.172. The number of halogens is 2. The molecule has 0 unspecified atom stereocenters. The van der Waals surface area contributed by atoms with Gasteiger partial charge in [0.25, 0.3) is 0 Å². The van der Waals surface area contributed by atoms with Gasteiger partial charge in [0, 0.05) is 32.7 Å². The van der Waals surface area contributed by atoms with Crippen LogP contribution in [-0.4, -0.2) is 23.4 Å². The van der Waals surface area contributed by atoms with Gasteiger partial charge in [0.2, 0.25) is 0 Å². The zero-order chi connectivity index (χ0) is 10.8. The molecule has 0 aliphatic heterocycles. The molecule has 0 aliphatic carbocycles. The molecule has 1 aromatic rings. The zero-order valence-corrected chi connectivity index (χ0v) is 11.8. The molecule has 1 nitrogen and oxygen atoms in total. The number of thiophene rings is 1. The SMILES string of the molecule is CN(Cc1cc(Br)cs1)C(C)(C)CCl. The Labute approximate surface area is 103 Å². The highest BCUT2D eigenvalue weighted by molar-refractivity contribution is 9.10. The van der Waals surface area contributed by atoms with Crippen molar-refractivity contribution in [2.24, 2.45) is 0 Å². The van der Waals surface area contributed by atoms with Crippen LogP contribution in [0, 0.1) is 0 Å². The first-order valence-electron chi connectivity index (χ1n) is 4.46. The summed E-state index contributed by atoms with van der Waals surface area (Å²) in [7, 11) is 2.11. The lowest BCUT2D eigenvalue weighted by Gasteiger charge is -2.33. The quantitative estimate of drug-likeness (QED) is 0.760. The van der Waals surface area contributed by atoms with E-state index in [9.17, 15) is 0 Å². The van der Waals surface area contributed by atoms with Crippen LogP contribution in [0.25, 0.3) is 0 Å². The molecule has 0 saturated carbocycles. The Morgan fingerprint density at radius 1 is 1.57 bits per heavy atom. The van der Waals surface area contributed by atoms with E-state index in [2.05, 4.69) is 53.2 Å². The topological polar surface area (TPSA) is 3.24 Å². The van der Waals surface area contributed by atoms with Crippen molar-refractivity contribution in [2.75, 3.05) is 12.9 Å². The van der Waals surface area contributed by atoms with Crippen LogP contribution < -0.4 is 0 Å². The predicted octanol–water partition coefficient (Wildman–Crippen LogP) is 3.96. The van der Waals surface area contributed by atoms with E-state index in [0.29, 0.717) is 5.88 Å². The van der Waals surface area contributed by atoms with Gasteiger partial charge in [-0.2, -0.15) is 0 Å². The Hall–Kier alpha value is 0.430. The van der Waals surface area contributed by atoms with E-state index < -0.39 is 0 Å². The van der Waals surface area contributed by atoms with E-state index in [0.717, 1.165) is 11.0 Å². The van der Waals surface area contributed by atoms with E-state index in [1.807, 2.05) is 0 Å². The Kier molecular flexibility index (Phi) is 4.44. The first-order valence-corrected chi connectivity index (χ1v) is 6.66. The highest BCUT2D eigenvalue weighted by atomic mass is 79.9. The van der Waals surface area contributed by atoms with Crippen molar-refractivity contribution < 1.29 is 0 Å². The van der Waals surface area contributed by atoms with Crippen LogP contribution in [0.5, 0.6) is 0 Å². The monoisotopic (exact) mass is 295 g/mol. The van der Waals surface area contributed by atoms with Crippen molar-refractivity contribution in [2.45, 2.75) is 25.9 Å². The van der Waals surface area contributed by atoms with Crippen molar-refractivity contribution in [3.63, 3.8) is 0 Å². The molecule has 0 atom stereocenters. The van der Waals surface area contributed by atoms with Gasteiger partial charge >= 0.3 is 0 Å². The molecule has 0 radical (unpaired) electrons. The highest BCUT2D eigenvalue weighted by Gasteiger charge is 2.22. The second-order valence-electron chi connectivity index (χ2n) is 4.03. The van der Waals surface area contributed by atoms with Crippen LogP contribution in [0.4, 0.5) is 0 Å². The number of rotatable bonds is 4. The summed E-state index contributed by atoms with van der Waals surface area (Å²) >= 11 is 11.1. The van der Waals surface area contributed by atoms with E-state index in [-0.39, 0.29) is 5.54 Å². The fourth-order valence-corrected chi connectivity index (χ4v) is 2.69. The van der Waals surface area contributed by atoms with Crippen LogP contribution in [0.3, 0.4) is 0 Å². The molecule has 0 aromatic carbocycles. The Bertz CT molecular complexity index is 298. The smallest absolute Gasteiger partial charge is 0.0402 e. The average Bonchev–Trinajstić information content (AvgIpc) is 2.51. The molecule has 80 valence electrons. The van der Waals surface area contributed by atoms with Gasteiger partial charge in [0.1, 0.15) is 0 Å². The first kappa shape index (κ1) is 12.5. The summed E-state index contributed by atoms with van der Waals surface area (Å²) in [5, 5.41) is 2.11. The summed E-state index contributed by atoms with van der Waals surface area (Å²) in [5.74, 6) is 0.649. The predicted molar refractivity (Wildman–Crippen MR) is 68.3 cm³/mol. The van der Waals surface area contributed by atoms with Crippen LogP contribution >= 0.6 is 38.9 Å². The number of hydrogen-bond acceptors (Lipinski definition) is 2. The number of alkyl halides is 1. The van der Waals surface area contributed by atoms with E-state index in [4.69, 9.17) is 11.6 Å². The minimum atomic E-state index is 0.0536. The molecule has 0 spiro atoms. The standard InChI is InChI=1S/C10H15BrClNS/c1-10(2,7-12)13(3)5-9-4-8(11)6-14-9/h4,6H,5,7H2,1-3H3. The van der Waals surface area contributed by atoms with Gasteiger partial charge in [0.15, 0.2) is 0 Å². The second-order valence-corrected chi connectivity index (χ2v) is 6.21. The van der Waals surface area contributed by atoms with Crippen molar-refractivity contribution in [1.82, 2.24) is 4.90 Å². The van der Waals surface area contributed by atoms with Crippen LogP contribution in [0.2, 0.25) is 0 Å². The maximum atomic E-state index is 5.91. The average molecular weight is 297 g/mol. The van der Waals surface area contributed by atoms with Gasteiger partial charge < -0.3 is 0 Å². The molecular weight excluding hydrogens is 282 g/mol. The van der Waals surface area contributed by atoms with Gasteiger partial charge in [-0.1, -0.05) is 0 Å². The zero-order valence-electron chi connectivity index (χ0n) is 8.68. The van der Waals surface area contributed by atoms with Gasteiger partial charge in [-0.15, -0.1) is 22.9 Å². The summed E-state index contributed by atoms with van der Waals surface area (Å²) in [4.78, 5) is 3.63. The molecule has 4 heteroatoms. The molecule has 0 aliphatic rings. The minimum Gasteiger partial charge on any atom is -0.295 e. The Morgan fingerprint density at radius 2 is 2.21 bits per heavy atom. The summed E-state index contributed by atoms with van der Waals surface area (Å²) in [5.41, 5.74) is 0.0536. The van der Waals surface area contributed by atoms with E-state index in [1.54, 1.807) is 11.3 Å². The molecular formula is C10H15BrClNS. The third-order valence-corrected chi connectivity index (χ3v) is 4.71. The fraction of sp³-hybridized carbons (Fsp3) is 0.600. The van der Waals surface area contributed by atoms with Crippen LogP contribution in [0.15, 0.2) is 15.9 Å². The third kappa shape index (κ3) is 3.23. The Balaban J connectivity index is 2.61. The van der Waals surface area contributed by atoms with Crippen molar-refractivity contribution in [3.05, 3.63) is 20.8 Å². The molecule has 1 rings (SSSR count). The minimum absolute atomic E-state index is 0.0536. The molecule has 0 fully saturated rings. The van der Waals surface area contributed by atoms with Crippen molar-refractivity contribution in [1.29, 1.82) is 0 Å². The largest absolute Gasteiger partial charge is 0.295 e. The molecule has 1 aromatic heterocycles. The molecule has 0 bridgehead atoms. The molecule has 1 heterocycles. The molecule has 0 amide bonds. The van der Waals surface area contributed by atoms with E-state index >= 15 is 0 Å². The van der Waals surface area contributed by atoms with Gasteiger partial charge in [-0.05, 0) is 42.9 Å². The van der Waals surface area contributed by atoms with Crippen molar-refractivity contribution in [3.8, 4) is 0 Å². The van der Waals surface area contributed by atoms with Crippen LogP contribution in [-0.2, 0) is 6.54 Å². The molecule has 0 saturated heterocycles. The summed E-state index contributed by atoms with van der Waals surface area (Å²) in [6, 6.07) is 2.16. The summed E-state index contributed by atoms with van der Waals surface area (Å²) in [6.07, 6.45) is 0. The maximum Gasteiger partial charge on any atom is 0.0402 e. The summed E-state index contributed by atoms with van der Waals surface area (Å²) < 4.78 is 1.16. The maximum absolute atomic E-state index is 5.91.